The van der Waals surface area contributed by atoms with E-state index in [9.17, 15) is 20.2 Å². The number of hydrogen-bond donors (Lipinski definition) is 0. The van der Waals surface area contributed by atoms with Gasteiger partial charge in [-0.2, -0.15) is 0 Å². The van der Waals surface area contributed by atoms with Crippen molar-refractivity contribution in [2.45, 2.75) is 12.8 Å². The molecule has 10 nitrogen and oxygen atoms in total. The van der Waals surface area contributed by atoms with E-state index < -0.39 is 9.85 Å². The Morgan fingerprint density at radius 3 is 1.53 bits per heavy atom. The zero-order chi connectivity index (χ0) is 24.2. The lowest BCUT2D eigenvalue weighted by atomic mass is 10.2. The van der Waals surface area contributed by atoms with Gasteiger partial charge in [0.25, 0.3) is 11.4 Å². The molecule has 1 saturated heterocycles. The number of non-ortho nitro benzene ring substituents is 2. The van der Waals surface area contributed by atoms with Crippen molar-refractivity contribution >= 4 is 23.8 Å². The molecule has 3 rings (SSSR count). The number of nitrogens with zero attached hydrogens (tertiary/aromatic N) is 6. The van der Waals surface area contributed by atoms with Crippen molar-refractivity contribution in [1.29, 1.82) is 0 Å². The van der Waals surface area contributed by atoms with E-state index in [2.05, 4.69) is 19.8 Å². The third kappa shape index (κ3) is 8.45. The van der Waals surface area contributed by atoms with Gasteiger partial charge in [-0.05, 0) is 37.1 Å². The lowest BCUT2D eigenvalue weighted by Crippen LogP contribution is -2.46. The van der Waals surface area contributed by atoms with E-state index in [1.165, 1.54) is 24.3 Å². The van der Waals surface area contributed by atoms with Gasteiger partial charge in [0.15, 0.2) is 0 Å². The van der Waals surface area contributed by atoms with Crippen molar-refractivity contribution in [2.75, 3.05) is 52.4 Å². The largest absolute Gasteiger partial charge is 0.301 e. The van der Waals surface area contributed by atoms with Crippen molar-refractivity contribution in [1.82, 2.24) is 9.80 Å². The molecule has 0 saturated carbocycles. The highest BCUT2D eigenvalue weighted by Gasteiger charge is 2.15. The number of benzene rings is 2. The standard InChI is InChI=1S/C24H30N6O4/c31-29(32)23-7-1-5-21(17-23)19-25-9-3-11-27-13-15-28(16-14-27)12-4-10-26-20-22-6-2-8-24(18-22)30(33)34/h1-2,5-8,17-20H,3-4,9-16H2. The first-order valence-electron chi connectivity index (χ1n) is 11.4. The number of rotatable bonds is 12. The predicted molar refractivity (Wildman–Crippen MR) is 133 cm³/mol. The lowest BCUT2D eigenvalue weighted by Gasteiger charge is -2.34. The van der Waals surface area contributed by atoms with Crippen molar-refractivity contribution in [2.24, 2.45) is 9.98 Å². The Labute approximate surface area is 198 Å². The average molecular weight is 467 g/mol. The van der Waals surface area contributed by atoms with Crippen LogP contribution in [0.5, 0.6) is 0 Å². The molecular weight excluding hydrogens is 436 g/mol. The van der Waals surface area contributed by atoms with Crippen LogP contribution < -0.4 is 0 Å². The fourth-order valence-electron chi connectivity index (χ4n) is 3.78. The van der Waals surface area contributed by atoms with Crippen LogP contribution in [-0.4, -0.2) is 84.4 Å². The maximum absolute atomic E-state index is 10.8. The summed E-state index contributed by atoms with van der Waals surface area (Å²) in [4.78, 5) is 34.5. The molecule has 2 aromatic rings. The first-order chi connectivity index (χ1) is 16.5. The highest BCUT2D eigenvalue weighted by Crippen LogP contribution is 2.12. The summed E-state index contributed by atoms with van der Waals surface area (Å²) in [5.41, 5.74) is 1.65. The molecule has 0 spiro atoms. The van der Waals surface area contributed by atoms with E-state index in [0.29, 0.717) is 13.1 Å². The summed E-state index contributed by atoms with van der Waals surface area (Å²) in [5.74, 6) is 0. The summed E-state index contributed by atoms with van der Waals surface area (Å²) in [6.45, 7) is 7.52. The first-order valence-corrected chi connectivity index (χ1v) is 11.4. The van der Waals surface area contributed by atoms with Gasteiger partial charge in [0.2, 0.25) is 0 Å². The van der Waals surface area contributed by atoms with E-state index in [-0.39, 0.29) is 11.4 Å². The molecule has 2 aromatic carbocycles. The molecule has 180 valence electrons. The van der Waals surface area contributed by atoms with Crippen molar-refractivity contribution in [3.05, 3.63) is 79.9 Å². The van der Waals surface area contributed by atoms with Gasteiger partial charge in [-0.25, -0.2) is 0 Å². The summed E-state index contributed by atoms with van der Waals surface area (Å²) in [5, 5.41) is 21.6. The fraction of sp³-hybridized carbons (Fsp3) is 0.417. The van der Waals surface area contributed by atoms with Crippen LogP contribution in [-0.2, 0) is 0 Å². The topological polar surface area (TPSA) is 117 Å². The van der Waals surface area contributed by atoms with E-state index >= 15 is 0 Å². The number of aliphatic imine (C=N–C) groups is 2. The molecule has 1 aliphatic rings. The van der Waals surface area contributed by atoms with E-state index in [1.807, 2.05) is 12.1 Å². The van der Waals surface area contributed by atoms with E-state index in [0.717, 1.165) is 63.2 Å². The van der Waals surface area contributed by atoms with Crippen molar-refractivity contribution in [3.63, 3.8) is 0 Å². The Morgan fingerprint density at radius 2 is 1.15 bits per heavy atom. The van der Waals surface area contributed by atoms with Crippen molar-refractivity contribution in [3.8, 4) is 0 Å². The zero-order valence-electron chi connectivity index (χ0n) is 19.2. The molecule has 0 aromatic heterocycles. The molecule has 0 N–H and O–H groups in total. The summed E-state index contributed by atoms with van der Waals surface area (Å²) in [6, 6.07) is 13.0. The predicted octanol–water partition coefficient (Wildman–Crippen LogP) is 3.44. The lowest BCUT2D eigenvalue weighted by molar-refractivity contribution is -0.385. The van der Waals surface area contributed by atoms with Crippen LogP contribution in [0, 0.1) is 20.2 Å². The monoisotopic (exact) mass is 466 g/mol. The number of piperazine rings is 1. The first kappa shape index (κ1) is 25.1. The molecule has 1 aliphatic heterocycles. The third-order valence-corrected chi connectivity index (χ3v) is 5.63. The van der Waals surface area contributed by atoms with Crippen LogP contribution in [0.15, 0.2) is 58.5 Å². The molecule has 0 unspecified atom stereocenters. The van der Waals surface area contributed by atoms with Gasteiger partial charge < -0.3 is 9.80 Å². The van der Waals surface area contributed by atoms with Gasteiger partial charge in [-0.15, -0.1) is 0 Å². The van der Waals surface area contributed by atoms with Crippen LogP contribution in [0.4, 0.5) is 11.4 Å². The maximum atomic E-state index is 10.8. The SMILES string of the molecule is O=[N+]([O-])c1cccc(C=NCCCN2CCN(CCCN=Cc3cccc([N+](=O)[O-])c3)CC2)c1. The molecular formula is C24H30N6O4. The molecule has 10 heteroatoms. The zero-order valence-corrected chi connectivity index (χ0v) is 19.2. The molecule has 0 radical (unpaired) electrons. The Balaban J connectivity index is 1.26. The van der Waals surface area contributed by atoms with Crippen LogP contribution in [0.1, 0.15) is 24.0 Å². The van der Waals surface area contributed by atoms with Crippen molar-refractivity contribution < 1.29 is 9.85 Å². The summed E-state index contributed by atoms with van der Waals surface area (Å²) in [6.07, 6.45) is 5.31. The normalized spacial score (nSPS) is 15.3. The number of hydrogen-bond acceptors (Lipinski definition) is 8. The molecule has 0 atom stereocenters. The van der Waals surface area contributed by atoms with E-state index in [4.69, 9.17) is 0 Å². The third-order valence-electron chi connectivity index (χ3n) is 5.63. The van der Waals surface area contributed by atoms with E-state index in [1.54, 1.807) is 24.6 Å². The Kier molecular flexibility index (Phi) is 9.80. The molecule has 1 heterocycles. The van der Waals surface area contributed by atoms with Crippen LogP contribution >= 0.6 is 0 Å². The minimum absolute atomic E-state index is 0.0797. The quantitative estimate of drug-likeness (QED) is 0.205. The molecule has 0 amide bonds. The minimum atomic E-state index is -0.398. The Morgan fingerprint density at radius 1 is 0.735 bits per heavy atom. The fourth-order valence-corrected chi connectivity index (χ4v) is 3.78. The molecule has 1 fully saturated rings. The summed E-state index contributed by atoms with van der Waals surface area (Å²) < 4.78 is 0. The average Bonchev–Trinajstić information content (AvgIpc) is 2.85. The number of nitro groups is 2. The highest BCUT2D eigenvalue weighted by molar-refractivity contribution is 5.81. The van der Waals surface area contributed by atoms with Gasteiger partial charge in [-0.3, -0.25) is 30.2 Å². The molecule has 0 bridgehead atoms. The van der Waals surface area contributed by atoms with Crippen LogP contribution in [0.3, 0.4) is 0 Å². The maximum Gasteiger partial charge on any atom is 0.270 e. The molecule has 0 aliphatic carbocycles. The highest BCUT2D eigenvalue weighted by atomic mass is 16.6. The van der Waals surface area contributed by atoms with Gasteiger partial charge >= 0.3 is 0 Å². The smallest absolute Gasteiger partial charge is 0.270 e. The second-order valence-electron chi connectivity index (χ2n) is 8.17. The minimum Gasteiger partial charge on any atom is -0.301 e. The Hall–Kier alpha value is -3.50. The van der Waals surface area contributed by atoms with Gasteiger partial charge in [0.05, 0.1) is 9.85 Å². The summed E-state index contributed by atoms with van der Waals surface area (Å²) >= 11 is 0. The van der Waals surface area contributed by atoms with Gasteiger partial charge in [0, 0.05) is 76.0 Å². The number of nitro benzene ring substituents is 2. The second-order valence-corrected chi connectivity index (χ2v) is 8.17. The molecule has 34 heavy (non-hydrogen) atoms. The van der Waals surface area contributed by atoms with Gasteiger partial charge in [0.1, 0.15) is 0 Å². The summed E-state index contributed by atoms with van der Waals surface area (Å²) in [7, 11) is 0. The van der Waals surface area contributed by atoms with Crippen LogP contribution in [0.2, 0.25) is 0 Å². The van der Waals surface area contributed by atoms with Crippen LogP contribution in [0.25, 0.3) is 0 Å². The Bertz CT molecular complexity index is 937. The second kappa shape index (κ2) is 13.3. The van der Waals surface area contributed by atoms with Gasteiger partial charge in [-0.1, -0.05) is 24.3 Å².